The van der Waals surface area contributed by atoms with Crippen LogP contribution in [0.5, 0.6) is 0 Å². The van der Waals surface area contributed by atoms with Crippen molar-refractivity contribution in [2.24, 2.45) is 18.0 Å². The van der Waals surface area contributed by atoms with Crippen molar-refractivity contribution in [3.63, 3.8) is 0 Å². The van der Waals surface area contributed by atoms with Crippen LogP contribution in [-0.2, 0) is 13.5 Å². The first-order valence-electron chi connectivity index (χ1n) is 9.92. The van der Waals surface area contributed by atoms with E-state index in [2.05, 4.69) is 34.6 Å². The van der Waals surface area contributed by atoms with Gasteiger partial charge in [-0.25, -0.2) is 0 Å². The van der Waals surface area contributed by atoms with Crippen LogP contribution in [0.1, 0.15) is 37.2 Å². The molecule has 1 aromatic rings. The lowest BCUT2D eigenvalue weighted by Gasteiger charge is -2.19. The van der Waals surface area contributed by atoms with E-state index in [1.165, 1.54) is 10.5 Å². The van der Waals surface area contributed by atoms with E-state index in [0.29, 0.717) is 25.6 Å². The van der Waals surface area contributed by atoms with E-state index >= 15 is 0 Å². The molecule has 0 aromatic carbocycles. The molecule has 0 saturated carbocycles. The van der Waals surface area contributed by atoms with Gasteiger partial charge in [-0.05, 0) is 58.6 Å². The van der Waals surface area contributed by atoms with Crippen LogP contribution in [0.2, 0.25) is 0 Å². The molecule has 6 nitrogen and oxygen atoms in total. The van der Waals surface area contributed by atoms with E-state index in [0.717, 1.165) is 30.8 Å². The maximum absolute atomic E-state index is 12.5. The summed E-state index contributed by atoms with van der Waals surface area (Å²) in [5, 5.41) is 11.1. The predicted octanol–water partition coefficient (Wildman–Crippen LogP) is 3.03. The number of aliphatic imine (C=N–C) groups is 1. The van der Waals surface area contributed by atoms with E-state index in [4.69, 9.17) is 0 Å². The summed E-state index contributed by atoms with van der Waals surface area (Å²) in [6.07, 6.45) is -2.55. The van der Waals surface area contributed by atoms with Crippen LogP contribution >= 0.6 is 24.0 Å². The number of hydrogen-bond acceptors (Lipinski definition) is 3. The lowest BCUT2D eigenvalue weighted by atomic mass is 10.1. The van der Waals surface area contributed by atoms with Gasteiger partial charge in [0.2, 0.25) is 0 Å². The SMILES string of the molecule is CCNC(=NCC1CCN(CC(F)(F)F)C1)NC(C)Cc1c(C)nn(C)c1C.I. The molecule has 29 heavy (non-hydrogen) atoms. The van der Waals surface area contributed by atoms with Crippen LogP contribution in [-0.4, -0.2) is 65.6 Å². The quantitative estimate of drug-likeness (QED) is 0.324. The molecule has 1 aliphatic heterocycles. The van der Waals surface area contributed by atoms with Gasteiger partial charge in [0.1, 0.15) is 0 Å². The second-order valence-electron chi connectivity index (χ2n) is 7.75. The maximum Gasteiger partial charge on any atom is 0.401 e. The first kappa shape index (κ1) is 26.0. The van der Waals surface area contributed by atoms with Crippen molar-refractivity contribution in [1.29, 1.82) is 0 Å². The summed E-state index contributed by atoms with van der Waals surface area (Å²) in [6, 6.07) is 0.157. The van der Waals surface area contributed by atoms with Crippen LogP contribution in [0, 0.1) is 19.8 Å². The number of nitrogens with zero attached hydrogens (tertiary/aromatic N) is 4. The first-order chi connectivity index (χ1) is 13.1. The van der Waals surface area contributed by atoms with Gasteiger partial charge in [-0.2, -0.15) is 18.3 Å². The molecule has 168 valence electrons. The van der Waals surface area contributed by atoms with Crippen molar-refractivity contribution in [2.75, 3.05) is 32.7 Å². The van der Waals surface area contributed by atoms with E-state index in [1.807, 2.05) is 25.6 Å². The molecule has 0 radical (unpaired) electrons. The summed E-state index contributed by atoms with van der Waals surface area (Å²) in [6.45, 7) is 9.54. The van der Waals surface area contributed by atoms with E-state index in [1.54, 1.807) is 0 Å². The molecule has 1 fully saturated rings. The Balaban J connectivity index is 0.00000420. The fraction of sp³-hybridized carbons (Fsp3) is 0.789. The molecule has 0 amide bonds. The number of alkyl halides is 3. The van der Waals surface area contributed by atoms with E-state index < -0.39 is 12.7 Å². The van der Waals surface area contributed by atoms with Crippen molar-refractivity contribution in [2.45, 2.75) is 52.8 Å². The third-order valence-corrected chi connectivity index (χ3v) is 5.18. The summed E-state index contributed by atoms with van der Waals surface area (Å²) in [7, 11) is 1.94. The van der Waals surface area contributed by atoms with Gasteiger partial charge >= 0.3 is 6.18 Å². The highest BCUT2D eigenvalue weighted by Gasteiger charge is 2.34. The van der Waals surface area contributed by atoms with E-state index in [9.17, 15) is 13.2 Å². The Morgan fingerprint density at radius 3 is 2.59 bits per heavy atom. The minimum absolute atomic E-state index is 0. The number of rotatable bonds is 7. The van der Waals surface area contributed by atoms with Gasteiger partial charge in [-0.1, -0.05) is 0 Å². The summed E-state index contributed by atoms with van der Waals surface area (Å²) < 4.78 is 39.5. The molecule has 0 bridgehead atoms. The standard InChI is InChI=1S/C19H33F3N6.HI/c1-6-23-18(24-10-16-7-8-28(11-16)12-19(20,21)22)25-13(2)9-17-14(3)26-27(5)15(17)4;/h13,16H,6-12H2,1-5H3,(H2,23,24,25);1H. The summed E-state index contributed by atoms with van der Waals surface area (Å²) >= 11 is 0. The Hall–Kier alpha value is -1.04. The highest BCUT2D eigenvalue weighted by atomic mass is 127. The topological polar surface area (TPSA) is 57.5 Å². The van der Waals surface area contributed by atoms with Crippen LogP contribution in [0.3, 0.4) is 0 Å². The van der Waals surface area contributed by atoms with Crippen molar-refractivity contribution >= 4 is 29.9 Å². The molecule has 2 rings (SSSR count). The second-order valence-corrected chi connectivity index (χ2v) is 7.75. The van der Waals surface area contributed by atoms with Crippen LogP contribution in [0.15, 0.2) is 4.99 Å². The number of halogens is 4. The number of nitrogens with one attached hydrogen (secondary N) is 2. The molecule has 2 unspecified atom stereocenters. The first-order valence-corrected chi connectivity index (χ1v) is 9.92. The molecule has 2 N–H and O–H groups in total. The fourth-order valence-corrected chi connectivity index (χ4v) is 3.70. The number of hydrogen-bond donors (Lipinski definition) is 2. The molecule has 0 aliphatic carbocycles. The van der Waals surface area contributed by atoms with Gasteiger partial charge in [-0.15, -0.1) is 24.0 Å². The van der Waals surface area contributed by atoms with Gasteiger partial charge in [0, 0.05) is 38.4 Å². The van der Waals surface area contributed by atoms with Gasteiger partial charge in [0.25, 0.3) is 0 Å². The Morgan fingerprint density at radius 1 is 1.34 bits per heavy atom. The van der Waals surface area contributed by atoms with Crippen LogP contribution in [0.4, 0.5) is 13.2 Å². The average Bonchev–Trinajstić information content (AvgIpc) is 3.11. The molecule has 10 heteroatoms. The van der Waals surface area contributed by atoms with Gasteiger partial charge in [-0.3, -0.25) is 14.6 Å². The molecular formula is C19H34F3IN6. The third-order valence-electron chi connectivity index (χ3n) is 5.18. The van der Waals surface area contributed by atoms with Crippen molar-refractivity contribution in [3.8, 4) is 0 Å². The lowest BCUT2D eigenvalue weighted by Crippen LogP contribution is -2.43. The van der Waals surface area contributed by atoms with E-state index in [-0.39, 0.29) is 35.9 Å². The average molecular weight is 530 g/mol. The third kappa shape index (κ3) is 8.31. The Bertz CT molecular complexity index is 674. The normalized spacial score (nSPS) is 19.2. The zero-order valence-electron chi connectivity index (χ0n) is 17.9. The number of guanidine groups is 1. The zero-order chi connectivity index (χ0) is 20.9. The van der Waals surface area contributed by atoms with Crippen LogP contribution < -0.4 is 10.6 Å². The Kier molecular flexibility index (Phi) is 10.2. The van der Waals surface area contributed by atoms with Gasteiger partial charge in [0.05, 0.1) is 12.2 Å². The summed E-state index contributed by atoms with van der Waals surface area (Å²) in [4.78, 5) is 6.09. The predicted molar refractivity (Wildman–Crippen MR) is 121 cm³/mol. The molecule has 1 aromatic heterocycles. The second kappa shape index (κ2) is 11.4. The summed E-state index contributed by atoms with van der Waals surface area (Å²) in [5.41, 5.74) is 3.42. The molecule has 0 spiro atoms. The molecule has 1 aliphatic rings. The monoisotopic (exact) mass is 530 g/mol. The molecule has 2 heterocycles. The lowest BCUT2D eigenvalue weighted by molar-refractivity contribution is -0.143. The highest BCUT2D eigenvalue weighted by Crippen LogP contribution is 2.23. The molecular weight excluding hydrogens is 496 g/mol. The zero-order valence-corrected chi connectivity index (χ0v) is 20.3. The smallest absolute Gasteiger partial charge is 0.357 e. The molecule has 1 saturated heterocycles. The summed E-state index contributed by atoms with van der Waals surface area (Å²) in [5.74, 6) is 0.874. The number of likely N-dealkylation sites (tertiary alicyclic amines) is 1. The number of aromatic nitrogens is 2. The van der Waals surface area contributed by atoms with Crippen molar-refractivity contribution in [3.05, 3.63) is 17.0 Å². The molecule has 2 atom stereocenters. The minimum atomic E-state index is -4.13. The minimum Gasteiger partial charge on any atom is -0.357 e. The van der Waals surface area contributed by atoms with Crippen LogP contribution in [0.25, 0.3) is 0 Å². The highest BCUT2D eigenvalue weighted by molar-refractivity contribution is 14.0. The number of aryl methyl sites for hydroxylation is 2. The fourth-order valence-electron chi connectivity index (χ4n) is 3.70. The Morgan fingerprint density at radius 2 is 2.03 bits per heavy atom. The van der Waals surface area contributed by atoms with Crippen molar-refractivity contribution in [1.82, 2.24) is 25.3 Å². The van der Waals surface area contributed by atoms with Crippen molar-refractivity contribution < 1.29 is 13.2 Å². The Labute approximate surface area is 188 Å². The van der Waals surface area contributed by atoms with Gasteiger partial charge in [0.15, 0.2) is 5.96 Å². The largest absolute Gasteiger partial charge is 0.401 e. The maximum atomic E-state index is 12.5. The van der Waals surface area contributed by atoms with Gasteiger partial charge < -0.3 is 10.6 Å².